The molecule has 63 heavy (non-hydrogen) atoms. The summed E-state index contributed by atoms with van der Waals surface area (Å²) in [5, 5.41) is 34.2. The Labute approximate surface area is 374 Å². The van der Waals surface area contributed by atoms with Crippen molar-refractivity contribution in [2.24, 2.45) is 53.3 Å². The lowest BCUT2D eigenvalue weighted by Crippen LogP contribution is -2.60. The number of carbonyl (C=O) groups excluding carboxylic acids is 7. The van der Waals surface area contributed by atoms with Crippen LogP contribution in [0.2, 0.25) is 0 Å². The Morgan fingerprint density at radius 2 is 1.63 bits per heavy atom. The van der Waals surface area contributed by atoms with E-state index in [4.69, 9.17) is 9.47 Å². The summed E-state index contributed by atoms with van der Waals surface area (Å²) in [6.07, 6.45) is 10.8. The van der Waals surface area contributed by atoms with E-state index in [1.165, 1.54) is 17.1 Å². The summed E-state index contributed by atoms with van der Waals surface area (Å²) in [6, 6.07) is -1.12. The quantitative estimate of drug-likeness (QED) is 0.0489. The van der Waals surface area contributed by atoms with Crippen molar-refractivity contribution in [2.75, 3.05) is 6.54 Å². The maximum Gasteiger partial charge on any atom is 0.329 e. The Morgan fingerprint density at radius 3 is 2.32 bits per heavy atom. The minimum Gasteiger partial charge on any atom is -0.460 e. The number of ketones is 3. The number of piperidine rings is 1. The maximum absolute atomic E-state index is 14.4. The predicted octanol–water partition coefficient (Wildman–Crippen LogP) is 6.24. The molecule has 2 aliphatic carbocycles. The van der Waals surface area contributed by atoms with Crippen LogP contribution in [0.3, 0.4) is 0 Å². The SMILES string of the molecule is C/C(=C\C1C[C@@H]2CC(CC[C@H]2O)C[C@@H](C)[C@@H](OC(=O)[C@@H]2CCCCN2C(=O)C(=O)[C@]2(O)O[C@H](C[C@H](C)/C(C)=C/C=O)CC[C@H]2C)CC1=O)[C@@H](O)[C@@H](C)C(=O)[C@H](C)C[C@H](C)/C=C/C=O. The van der Waals surface area contributed by atoms with Crippen molar-refractivity contribution < 1.29 is 58.4 Å². The van der Waals surface area contributed by atoms with E-state index in [0.29, 0.717) is 82.4 Å². The van der Waals surface area contributed by atoms with Gasteiger partial charge in [0.05, 0.1) is 18.3 Å². The summed E-state index contributed by atoms with van der Waals surface area (Å²) in [5.74, 6) is -8.51. The highest BCUT2D eigenvalue weighted by Gasteiger charge is 2.53. The minimum absolute atomic E-state index is 0.0148. The first-order valence-electron chi connectivity index (χ1n) is 23.5. The number of amides is 1. The third-order valence-corrected chi connectivity index (χ3v) is 14.8. The van der Waals surface area contributed by atoms with Crippen LogP contribution < -0.4 is 0 Å². The van der Waals surface area contributed by atoms with Gasteiger partial charge in [0, 0.05) is 36.6 Å². The molecule has 1 amide bonds. The monoisotopic (exact) mass is 882 g/mol. The third kappa shape index (κ3) is 13.5. The minimum atomic E-state index is -2.40. The zero-order chi connectivity index (χ0) is 46.8. The first-order valence-corrected chi connectivity index (χ1v) is 23.5. The van der Waals surface area contributed by atoms with Crippen LogP contribution in [0, 0.1) is 53.3 Å². The largest absolute Gasteiger partial charge is 0.460 e. The molecule has 15 atom stereocenters. The van der Waals surface area contributed by atoms with E-state index in [0.717, 1.165) is 12.0 Å². The van der Waals surface area contributed by atoms with Crippen LogP contribution in [0.5, 0.6) is 0 Å². The number of allylic oxidation sites excluding steroid dienone is 5. The number of aldehydes is 2. The van der Waals surface area contributed by atoms with Crippen molar-refractivity contribution in [1.29, 1.82) is 0 Å². The van der Waals surface area contributed by atoms with Crippen molar-refractivity contribution in [3.63, 3.8) is 0 Å². The summed E-state index contributed by atoms with van der Waals surface area (Å²) < 4.78 is 12.3. The van der Waals surface area contributed by atoms with E-state index in [1.54, 1.807) is 39.8 Å². The van der Waals surface area contributed by atoms with Crippen molar-refractivity contribution in [3.8, 4) is 0 Å². The van der Waals surface area contributed by atoms with Crippen LogP contribution in [0.1, 0.15) is 139 Å². The molecule has 2 saturated carbocycles. The number of ether oxygens (including phenoxy) is 2. The van der Waals surface area contributed by atoms with Gasteiger partial charge in [-0.1, -0.05) is 59.3 Å². The van der Waals surface area contributed by atoms with Crippen LogP contribution in [0.25, 0.3) is 0 Å². The van der Waals surface area contributed by atoms with Gasteiger partial charge in [-0.25, -0.2) is 4.79 Å². The van der Waals surface area contributed by atoms with Gasteiger partial charge in [-0.05, 0) is 138 Å². The fraction of sp³-hybridized carbons (Fsp3) is 0.740. The van der Waals surface area contributed by atoms with Crippen molar-refractivity contribution in [3.05, 3.63) is 35.5 Å². The average Bonchev–Trinajstić information content (AvgIpc) is 3.25. The molecule has 4 aliphatic rings. The molecule has 0 spiro atoms. The lowest BCUT2D eigenvalue weighted by atomic mass is 9.70. The van der Waals surface area contributed by atoms with E-state index >= 15 is 0 Å². The van der Waals surface area contributed by atoms with E-state index in [2.05, 4.69) is 0 Å². The fourth-order valence-electron chi connectivity index (χ4n) is 10.5. The highest BCUT2D eigenvalue weighted by atomic mass is 16.6. The summed E-state index contributed by atoms with van der Waals surface area (Å²) in [4.78, 5) is 93.1. The highest BCUT2D eigenvalue weighted by Crippen LogP contribution is 2.41. The van der Waals surface area contributed by atoms with Crippen LogP contribution in [0.15, 0.2) is 35.5 Å². The molecule has 3 N–H and O–H groups in total. The van der Waals surface area contributed by atoms with Crippen LogP contribution >= 0.6 is 0 Å². The molecular formula is C50H75NO12. The van der Waals surface area contributed by atoms with Gasteiger partial charge >= 0.3 is 5.97 Å². The van der Waals surface area contributed by atoms with Gasteiger partial charge < -0.3 is 29.7 Å². The molecule has 2 aliphatic heterocycles. The number of carbonyl (C=O) groups is 7. The predicted molar refractivity (Wildman–Crippen MR) is 236 cm³/mol. The number of fused-ring (bicyclic) bond motifs is 2. The summed E-state index contributed by atoms with van der Waals surface area (Å²) in [6.45, 7) is 14.5. The first-order chi connectivity index (χ1) is 29.7. The van der Waals surface area contributed by atoms with Crippen LogP contribution in [0.4, 0.5) is 0 Å². The molecule has 0 aromatic rings. The van der Waals surface area contributed by atoms with Gasteiger partial charge in [-0.3, -0.25) is 28.8 Å². The van der Waals surface area contributed by atoms with Gasteiger partial charge in [-0.2, -0.15) is 0 Å². The number of aliphatic hydroxyl groups is 3. The van der Waals surface area contributed by atoms with E-state index in [-0.39, 0.29) is 66.5 Å². The second kappa shape index (κ2) is 23.5. The number of aliphatic hydroxyl groups excluding tert-OH is 2. The topological polar surface area (TPSA) is 202 Å². The zero-order valence-corrected chi connectivity index (χ0v) is 38.9. The number of likely N-dealkylation sites (tertiary alicyclic amines) is 1. The van der Waals surface area contributed by atoms with Crippen molar-refractivity contribution >= 4 is 41.8 Å². The van der Waals surface area contributed by atoms with E-state index in [1.807, 2.05) is 27.7 Å². The molecule has 0 aromatic heterocycles. The Hall–Kier alpha value is -3.65. The molecule has 352 valence electrons. The van der Waals surface area contributed by atoms with Gasteiger partial charge in [-0.15, -0.1) is 0 Å². The lowest BCUT2D eigenvalue weighted by Gasteiger charge is -2.43. The van der Waals surface area contributed by atoms with E-state index in [9.17, 15) is 48.9 Å². The first kappa shape index (κ1) is 52.0. The van der Waals surface area contributed by atoms with Crippen LogP contribution in [-0.4, -0.2) is 105 Å². The summed E-state index contributed by atoms with van der Waals surface area (Å²) in [7, 11) is 0. The Bertz CT molecular complexity index is 1740. The number of rotatable bonds is 17. The van der Waals surface area contributed by atoms with E-state index < -0.39 is 71.7 Å². The number of esters is 1. The van der Waals surface area contributed by atoms with Gasteiger partial charge in [0.1, 0.15) is 36.3 Å². The highest BCUT2D eigenvalue weighted by molar-refractivity contribution is 6.39. The maximum atomic E-state index is 14.4. The van der Waals surface area contributed by atoms with Gasteiger partial charge in [0.2, 0.25) is 5.79 Å². The molecule has 0 radical (unpaired) electrons. The smallest absolute Gasteiger partial charge is 0.329 e. The molecular weight excluding hydrogens is 807 g/mol. The molecule has 4 rings (SSSR count). The molecule has 0 aromatic carbocycles. The molecule has 4 fully saturated rings. The molecule has 13 heteroatoms. The fourth-order valence-corrected chi connectivity index (χ4v) is 10.5. The Morgan fingerprint density at radius 1 is 0.921 bits per heavy atom. The molecule has 2 bridgehead atoms. The number of hydrogen-bond donors (Lipinski definition) is 3. The molecule has 2 saturated heterocycles. The third-order valence-electron chi connectivity index (χ3n) is 14.8. The summed E-state index contributed by atoms with van der Waals surface area (Å²) in [5.41, 5.74) is 1.29. The van der Waals surface area contributed by atoms with Crippen molar-refractivity contribution in [1.82, 2.24) is 4.90 Å². The van der Waals surface area contributed by atoms with Gasteiger partial charge in [0.25, 0.3) is 11.7 Å². The van der Waals surface area contributed by atoms with Crippen LogP contribution in [-0.2, 0) is 43.0 Å². The summed E-state index contributed by atoms with van der Waals surface area (Å²) >= 11 is 0. The molecule has 2 unspecified atom stereocenters. The Balaban J connectivity index is 1.53. The second-order valence-corrected chi connectivity index (χ2v) is 19.8. The standard InChI is InChI=1S/C50H75NO12/c1-29(12-11-20-52)22-33(5)45(56)36(8)46(57)34(6)24-38-27-39-26-37(15-17-42(39)54)23-32(4)44(28-43(38)55)62-49(60)41-13-9-10-19-51(41)48(59)47(58)50(61)35(7)14-16-40(63-50)25-31(3)30(2)18-21-53/h11-12,18,20-21,24,29,31-33,35-42,44,46,54,57,61H,9-10,13-17,19,22-23,25-28H2,1-8H3/b12-11+,30-18+,34-24+/t29-,31+,32-,33-,35-,36+,37?,38?,39+,40+,41+,42-,44+,46-,50-/m1/s1. The average molecular weight is 882 g/mol. The van der Waals surface area contributed by atoms with Gasteiger partial charge in [0.15, 0.2) is 0 Å². The number of Topliss-reactive ketones (excluding diaryl/α,β-unsaturated/α-hetero) is 3. The molecule has 13 nitrogen and oxygen atoms in total. The number of nitrogens with zero attached hydrogens (tertiary/aromatic N) is 1. The lowest BCUT2D eigenvalue weighted by molar-refractivity contribution is -0.264. The van der Waals surface area contributed by atoms with Crippen molar-refractivity contribution in [2.45, 2.75) is 175 Å². The zero-order valence-electron chi connectivity index (χ0n) is 38.9. The number of hydrogen-bond acceptors (Lipinski definition) is 12. The second-order valence-electron chi connectivity index (χ2n) is 19.8. The Kier molecular flexibility index (Phi) is 19.4. The molecule has 2 heterocycles. The normalized spacial score (nSPS) is 33.7.